The Morgan fingerprint density at radius 2 is 2.14 bits per heavy atom. The van der Waals surface area contributed by atoms with Gasteiger partial charge in [-0.05, 0) is 18.6 Å². The number of hydrogen-bond acceptors (Lipinski definition) is 3. The predicted molar refractivity (Wildman–Crippen MR) is 84.3 cm³/mol. The number of imidazole rings is 1. The fourth-order valence-electron chi connectivity index (χ4n) is 2.47. The molecule has 0 spiro atoms. The first-order valence-electron chi connectivity index (χ1n) is 6.94. The molecule has 114 valence electrons. The highest BCUT2D eigenvalue weighted by Crippen LogP contribution is 2.25. The van der Waals surface area contributed by atoms with Crippen LogP contribution in [0.3, 0.4) is 0 Å². The van der Waals surface area contributed by atoms with Crippen LogP contribution in [-0.2, 0) is 17.3 Å². The molecule has 5 nitrogen and oxygen atoms in total. The molecule has 0 saturated carbocycles. The van der Waals surface area contributed by atoms with Crippen molar-refractivity contribution in [3.63, 3.8) is 0 Å². The normalized spacial score (nSPS) is 13.0. The topological polar surface area (TPSA) is 72.2 Å². The number of para-hydroxylation sites is 1. The van der Waals surface area contributed by atoms with Gasteiger partial charge >= 0.3 is 5.97 Å². The summed E-state index contributed by atoms with van der Waals surface area (Å²) >= 11 is 0. The quantitative estimate of drug-likeness (QED) is 0.890. The number of aryl methyl sites for hydroxylation is 1. The van der Waals surface area contributed by atoms with Gasteiger partial charge in [-0.2, -0.15) is 0 Å². The van der Waals surface area contributed by atoms with Crippen molar-refractivity contribution in [2.24, 2.45) is 0 Å². The third kappa shape index (κ3) is 3.32. The van der Waals surface area contributed by atoms with Gasteiger partial charge < -0.3 is 9.67 Å². The number of hydrogen-bond donors (Lipinski definition) is 1. The Morgan fingerprint density at radius 3 is 2.71 bits per heavy atom. The molecule has 0 fully saturated rings. The van der Waals surface area contributed by atoms with Gasteiger partial charge in [0.2, 0.25) is 0 Å². The summed E-state index contributed by atoms with van der Waals surface area (Å²) in [6, 6.07) is 5.15. The van der Waals surface area contributed by atoms with Crippen molar-refractivity contribution in [2.45, 2.75) is 32.7 Å². The molecule has 0 bridgehead atoms. The van der Waals surface area contributed by atoms with Crippen molar-refractivity contribution in [1.82, 2.24) is 9.55 Å². The number of fused-ring (bicyclic) bond motifs is 1. The molecule has 0 aliphatic heterocycles. The second-order valence-electron chi connectivity index (χ2n) is 5.39. The molecular formula is C15H20N2O3S. The van der Waals surface area contributed by atoms with Gasteiger partial charge in [0.1, 0.15) is 5.82 Å². The summed E-state index contributed by atoms with van der Waals surface area (Å²) in [5.41, 5.74) is 1.64. The molecule has 0 amide bonds. The SMILES string of the molecule is CC(C)c1nc2cccc(C(=O)O)c2n1CCCS(C)=O. The lowest BCUT2D eigenvalue weighted by atomic mass is 10.1. The average Bonchev–Trinajstić information content (AvgIpc) is 2.77. The zero-order valence-corrected chi connectivity index (χ0v) is 13.3. The minimum absolute atomic E-state index is 0.200. The number of nitrogens with zero attached hydrogens (tertiary/aromatic N) is 2. The fraction of sp³-hybridized carbons (Fsp3) is 0.467. The first-order valence-corrected chi connectivity index (χ1v) is 8.67. The number of carboxylic acids is 1. The highest BCUT2D eigenvalue weighted by atomic mass is 32.2. The number of carboxylic acid groups (broad SMARTS) is 1. The Kier molecular flexibility index (Phi) is 4.77. The summed E-state index contributed by atoms with van der Waals surface area (Å²) in [5.74, 6) is 0.731. The summed E-state index contributed by atoms with van der Waals surface area (Å²) in [5, 5.41) is 9.38. The van der Waals surface area contributed by atoms with Gasteiger partial charge in [-0.15, -0.1) is 0 Å². The first-order chi connectivity index (χ1) is 9.91. The first kappa shape index (κ1) is 15.7. The molecule has 1 heterocycles. The van der Waals surface area contributed by atoms with Crippen LogP contribution in [-0.4, -0.2) is 36.8 Å². The second-order valence-corrected chi connectivity index (χ2v) is 6.94. The molecule has 0 aliphatic carbocycles. The van der Waals surface area contributed by atoms with Gasteiger partial charge in [0.15, 0.2) is 0 Å². The minimum atomic E-state index is -0.948. The van der Waals surface area contributed by atoms with Gasteiger partial charge in [-0.1, -0.05) is 19.9 Å². The molecule has 0 radical (unpaired) electrons. The van der Waals surface area contributed by atoms with E-state index < -0.39 is 16.8 Å². The number of benzene rings is 1. The molecule has 0 saturated heterocycles. The van der Waals surface area contributed by atoms with E-state index in [0.29, 0.717) is 23.3 Å². The van der Waals surface area contributed by atoms with Crippen molar-refractivity contribution >= 4 is 27.8 Å². The van der Waals surface area contributed by atoms with Crippen LogP contribution in [0.25, 0.3) is 11.0 Å². The van der Waals surface area contributed by atoms with Gasteiger partial charge in [0.25, 0.3) is 0 Å². The molecule has 1 unspecified atom stereocenters. The molecule has 21 heavy (non-hydrogen) atoms. The Morgan fingerprint density at radius 1 is 1.43 bits per heavy atom. The molecule has 1 aromatic heterocycles. The summed E-state index contributed by atoms with van der Waals surface area (Å²) in [6.07, 6.45) is 2.42. The lowest BCUT2D eigenvalue weighted by Gasteiger charge is -2.12. The summed E-state index contributed by atoms with van der Waals surface area (Å²) in [4.78, 5) is 16.0. The van der Waals surface area contributed by atoms with Crippen LogP contribution >= 0.6 is 0 Å². The van der Waals surface area contributed by atoms with Crippen molar-refractivity contribution in [3.05, 3.63) is 29.6 Å². The van der Waals surface area contributed by atoms with E-state index in [0.717, 1.165) is 12.2 Å². The maximum absolute atomic E-state index is 11.4. The third-order valence-electron chi connectivity index (χ3n) is 3.36. The maximum atomic E-state index is 11.4. The Labute approximate surface area is 126 Å². The van der Waals surface area contributed by atoms with Crippen LogP contribution in [0.5, 0.6) is 0 Å². The molecule has 2 aromatic rings. The molecule has 1 aromatic carbocycles. The second kappa shape index (κ2) is 6.39. The van der Waals surface area contributed by atoms with Gasteiger partial charge in [-0.3, -0.25) is 4.21 Å². The monoisotopic (exact) mass is 308 g/mol. The molecule has 1 N–H and O–H groups in total. The molecular weight excluding hydrogens is 288 g/mol. The van der Waals surface area contributed by atoms with Crippen molar-refractivity contribution < 1.29 is 14.1 Å². The van der Waals surface area contributed by atoms with Gasteiger partial charge in [-0.25, -0.2) is 9.78 Å². The Bertz CT molecular complexity index is 692. The summed E-state index contributed by atoms with van der Waals surface area (Å²) in [7, 11) is -0.842. The maximum Gasteiger partial charge on any atom is 0.337 e. The largest absolute Gasteiger partial charge is 0.478 e. The van der Waals surface area contributed by atoms with E-state index >= 15 is 0 Å². The number of aromatic nitrogens is 2. The molecule has 2 rings (SSSR count). The number of rotatable bonds is 6. The van der Waals surface area contributed by atoms with Crippen LogP contribution in [0.1, 0.15) is 42.4 Å². The number of aromatic carboxylic acids is 1. The lowest BCUT2D eigenvalue weighted by molar-refractivity contribution is 0.0698. The highest BCUT2D eigenvalue weighted by Gasteiger charge is 2.18. The van der Waals surface area contributed by atoms with E-state index in [1.54, 1.807) is 18.4 Å². The fourth-order valence-corrected chi connectivity index (χ4v) is 3.00. The summed E-state index contributed by atoms with van der Waals surface area (Å²) in [6.45, 7) is 4.71. The van der Waals surface area contributed by atoms with Gasteiger partial charge in [0, 0.05) is 35.3 Å². The molecule has 1 atom stereocenters. The zero-order chi connectivity index (χ0) is 15.6. The van der Waals surface area contributed by atoms with E-state index in [1.165, 1.54) is 0 Å². The van der Waals surface area contributed by atoms with E-state index in [2.05, 4.69) is 4.98 Å². The van der Waals surface area contributed by atoms with Gasteiger partial charge in [0.05, 0.1) is 16.6 Å². The van der Waals surface area contributed by atoms with E-state index in [4.69, 9.17) is 0 Å². The average molecular weight is 308 g/mol. The van der Waals surface area contributed by atoms with Crippen LogP contribution in [0, 0.1) is 0 Å². The van der Waals surface area contributed by atoms with E-state index in [-0.39, 0.29) is 11.5 Å². The van der Waals surface area contributed by atoms with Crippen LogP contribution in [0.2, 0.25) is 0 Å². The van der Waals surface area contributed by atoms with E-state index in [1.807, 2.05) is 24.5 Å². The summed E-state index contributed by atoms with van der Waals surface area (Å²) < 4.78 is 13.2. The lowest BCUT2D eigenvalue weighted by Crippen LogP contribution is -2.10. The third-order valence-corrected chi connectivity index (χ3v) is 4.22. The van der Waals surface area contributed by atoms with Crippen molar-refractivity contribution in [3.8, 4) is 0 Å². The zero-order valence-electron chi connectivity index (χ0n) is 12.5. The smallest absolute Gasteiger partial charge is 0.337 e. The Hall–Kier alpha value is -1.69. The van der Waals surface area contributed by atoms with Crippen molar-refractivity contribution in [1.29, 1.82) is 0 Å². The number of carbonyl (C=O) groups is 1. The van der Waals surface area contributed by atoms with Crippen LogP contribution in [0.4, 0.5) is 0 Å². The van der Waals surface area contributed by atoms with E-state index in [9.17, 15) is 14.1 Å². The standard InChI is InChI=1S/C15H20N2O3S/c1-10(2)14-16-12-7-4-6-11(15(18)19)13(12)17(14)8-5-9-21(3)20/h4,6-7,10H,5,8-9H2,1-3H3,(H,18,19). The Balaban J connectivity index is 2.54. The van der Waals surface area contributed by atoms with Crippen LogP contribution in [0.15, 0.2) is 18.2 Å². The van der Waals surface area contributed by atoms with Crippen LogP contribution < -0.4 is 0 Å². The molecule has 0 aliphatic rings. The predicted octanol–water partition coefficient (Wildman–Crippen LogP) is 2.63. The minimum Gasteiger partial charge on any atom is -0.478 e. The molecule has 6 heteroatoms. The highest BCUT2D eigenvalue weighted by molar-refractivity contribution is 7.84. The van der Waals surface area contributed by atoms with Crippen molar-refractivity contribution in [2.75, 3.05) is 12.0 Å².